The van der Waals surface area contributed by atoms with Crippen LogP contribution in [-0.2, 0) is 0 Å². The molecule has 6 heteroatoms. The maximum Gasteiger partial charge on any atom is 0.446 e. The SMILES string of the molecule is N#Cc1c(N)cccc1SC(F)(F)F. The highest BCUT2D eigenvalue weighted by Gasteiger charge is 2.30. The molecule has 0 amide bonds. The normalized spacial score (nSPS) is 11.0. The Balaban J connectivity index is 3.10. The van der Waals surface area contributed by atoms with Crippen LogP contribution in [-0.4, -0.2) is 5.51 Å². The molecule has 0 saturated heterocycles. The molecular formula is C8H5F3N2S. The van der Waals surface area contributed by atoms with E-state index >= 15 is 0 Å². The van der Waals surface area contributed by atoms with Crippen LogP contribution < -0.4 is 5.73 Å². The van der Waals surface area contributed by atoms with Crippen molar-refractivity contribution in [3.63, 3.8) is 0 Å². The summed E-state index contributed by atoms with van der Waals surface area (Å²) in [4.78, 5) is -0.167. The Morgan fingerprint density at radius 1 is 1.36 bits per heavy atom. The van der Waals surface area contributed by atoms with E-state index in [1.165, 1.54) is 18.2 Å². The van der Waals surface area contributed by atoms with Gasteiger partial charge in [-0.2, -0.15) is 18.4 Å². The van der Waals surface area contributed by atoms with E-state index in [4.69, 9.17) is 11.0 Å². The lowest BCUT2D eigenvalue weighted by molar-refractivity contribution is -0.0328. The van der Waals surface area contributed by atoms with Gasteiger partial charge < -0.3 is 5.73 Å². The highest BCUT2D eigenvalue weighted by Crippen LogP contribution is 2.39. The van der Waals surface area contributed by atoms with Crippen molar-refractivity contribution in [2.45, 2.75) is 10.4 Å². The zero-order valence-corrected chi connectivity index (χ0v) is 7.62. The molecule has 1 aromatic carbocycles. The lowest BCUT2D eigenvalue weighted by atomic mass is 10.2. The van der Waals surface area contributed by atoms with Gasteiger partial charge in [0, 0.05) is 4.90 Å². The monoisotopic (exact) mass is 218 g/mol. The van der Waals surface area contributed by atoms with E-state index in [0.717, 1.165) is 0 Å². The molecule has 2 nitrogen and oxygen atoms in total. The van der Waals surface area contributed by atoms with Crippen molar-refractivity contribution < 1.29 is 13.2 Å². The smallest absolute Gasteiger partial charge is 0.398 e. The zero-order chi connectivity index (χ0) is 10.8. The molecule has 0 aliphatic heterocycles. The Kier molecular flexibility index (Phi) is 2.91. The third-order valence-corrected chi connectivity index (χ3v) is 2.19. The van der Waals surface area contributed by atoms with Gasteiger partial charge in [0.25, 0.3) is 0 Å². The lowest BCUT2D eigenvalue weighted by Gasteiger charge is -2.07. The molecule has 0 atom stereocenters. The van der Waals surface area contributed by atoms with Crippen molar-refractivity contribution in [3.05, 3.63) is 23.8 Å². The minimum absolute atomic E-state index is 0.0572. The molecule has 0 aliphatic rings. The number of benzene rings is 1. The Hall–Kier alpha value is -1.35. The fraction of sp³-hybridized carbons (Fsp3) is 0.125. The summed E-state index contributed by atoms with van der Waals surface area (Å²) in [5, 5.41) is 8.59. The van der Waals surface area contributed by atoms with Crippen molar-refractivity contribution in [3.8, 4) is 6.07 Å². The molecule has 0 fully saturated rings. The number of hydrogen-bond donors (Lipinski definition) is 1. The number of halogens is 3. The lowest BCUT2D eigenvalue weighted by Crippen LogP contribution is -2.01. The van der Waals surface area contributed by atoms with Gasteiger partial charge in [0.15, 0.2) is 0 Å². The number of nitriles is 1. The predicted octanol–water partition coefficient (Wildman–Crippen LogP) is 2.75. The minimum Gasteiger partial charge on any atom is -0.398 e. The van der Waals surface area contributed by atoms with Crippen LogP contribution in [0.3, 0.4) is 0 Å². The maximum absolute atomic E-state index is 12.0. The van der Waals surface area contributed by atoms with Gasteiger partial charge in [-0.05, 0) is 23.9 Å². The molecular weight excluding hydrogens is 213 g/mol. The molecule has 0 spiro atoms. The molecule has 0 aliphatic carbocycles. The molecule has 74 valence electrons. The highest BCUT2D eigenvalue weighted by molar-refractivity contribution is 8.00. The van der Waals surface area contributed by atoms with Crippen LogP contribution >= 0.6 is 11.8 Å². The van der Waals surface area contributed by atoms with Crippen LogP contribution in [0.5, 0.6) is 0 Å². The minimum atomic E-state index is -4.40. The average Bonchev–Trinajstić information content (AvgIpc) is 2.01. The van der Waals surface area contributed by atoms with Gasteiger partial charge in [-0.15, -0.1) is 0 Å². The van der Waals surface area contributed by atoms with E-state index in [0.29, 0.717) is 0 Å². The van der Waals surface area contributed by atoms with Gasteiger partial charge in [0.05, 0.1) is 11.3 Å². The van der Waals surface area contributed by atoms with Crippen molar-refractivity contribution in [1.29, 1.82) is 5.26 Å². The summed E-state index contributed by atoms with van der Waals surface area (Å²) in [6.45, 7) is 0. The number of anilines is 1. The number of rotatable bonds is 1. The van der Waals surface area contributed by atoms with E-state index < -0.39 is 5.51 Å². The number of thioether (sulfide) groups is 1. The molecule has 0 aromatic heterocycles. The van der Waals surface area contributed by atoms with Gasteiger partial charge >= 0.3 is 5.51 Å². The molecule has 0 radical (unpaired) electrons. The number of alkyl halides is 3. The third kappa shape index (κ3) is 2.57. The van der Waals surface area contributed by atoms with Gasteiger partial charge in [-0.25, -0.2) is 0 Å². The maximum atomic E-state index is 12.0. The van der Waals surface area contributed by atoms with Crippen molar-refractivity contribution in [2.75, 3.05) is 5.73 Å². The second kappa shape index (κ2) is 3.80. The molecule has 0 bridgehead atoms. The van der Waals surface area contributed by atoms with Gasteiger partial charge in [0.2, 0.25) is 0 Å². The van der Waals surface area contributed by atoms with E-state index in [-0.39, 0.29) is 27.9 Å². The molecule has 1 rings (SSSR count). The first-order valence-electron chi connectivity index (χ1n) is 3.48. The van der Waals surface area contributed by atoms with Crippen molar-refractivity contribution in [1.82, 2.24) is 0 Å². The molecule has 14 heavy (non-hydrogen) atoms. The fourth-order valence-electron chi connectivity index (χ4n) is 0.877. The number of nitrogens with two attached hydrogens (primary N) is 1. The topological polar surface area (TPSA) is 49.8 Å². The molecule has 2 N–H and O–H groups in total. The van der Waals surface area contributed by atoms with Crippen LogP contribution in [0.2, 0.25) is 0 Å². The van der Waals surface area contributed by atoms with Crippen LogP contribution in [0.25, 0.3) is 0 Å². The summed E-state index contributed by atoms with van der Waals surface area (Å²) >= 11 is -0.336. The average molecular weight is 218 g/mol. The van der Waals surface area contributed by atoms with Gasteiger partial charge in [0.1, 0.15) is 6.07 Å². The summed E-state index contributed by atoms with van der Waals surface area (Å²) in [6, 6.07) is 5.62. The van der Waals surface area contributed by atoms with Crippen LogP contribution in [0, 0.1) is 11.3 Å². The largest absolute Gasteiger partial charge is 0.446 e. The summed E-state index contributed by atoms with van der Waals surface area (Å²) in [7, 11) is 0. The summed E-state index contributed by atoms with van der Waals surface area (Å²) < 4.78 is 36.0. The predicted molar refractivity (Wildman–Crippen MR) is 47.5 cm³/mol. The zero-order valence-electron chi connectivity index (χ0n) is 6.80. The second-order valence-corrected chi connectivity index (χ2v) is 3.49. The number of nitrogens with zero attached hydrogens (tertiary/aromatic N) is 1. The van der Waals surface area contributed by atoms with E-state index in [1.807, 2.05) is 0 Å². The highest BCUT2D eigenvalue weighted by atomic mass is 32.2. The molecule has 0 heterocycles. The number of nitrogen functional groups attached to an aromatic ring is 1. The van der Waals surface area contributed by atoms with Crippen molar-refractivity contribution >= 4 is 17.4 Å². The molecule has 0 saturated carbocycles. The summed E-state index contributed by atoms with van der Waals surface area (Å²) in [5.74, 6) is 0. The van der Waals surface area contributed by atoms with Crippen LogP contribution in [0.4, 0.5) is 18.9 Å². The van der Waals surface area contributed by atoms with E-state index in [9.17, 15) is 13.2 Å². The first-order valence-corrected chi connectivity index (χ1v) is 4.30. The first kappa shape index (κ1) is 10.7. The van der Waals surface area contributed by atoms with Crippen LogP contribution in [0.15, 0.2) is 23.1 Å². The standard InChI is InChI=1S/C8H5F3N2S/c9-8(10,11)14-7-3-1-2-6(13)5(7)4-12/h1-3H,13H2. The Morgan fingerprint density at radius 3 is 2.50 bits per heavy atom. The fourth-order valence-corrected chi connectivity index (χ4v) is 1.54. The molecule has 0 unspecified atom stereocenters. The quantitative estimate of drug-likeness (QED) is 0.582. The Labute approximate surface area is 82.5 Å². The summed E-state index contributed by atoms with van der Waals surface area (Å²) in [6.07, 6.45) is 0. The second-order valence-electron chi connectivity index (χ2n) is 2.38. The third-order valence-electron chi connectivity index (χ3n) is 1.40. The van der Waals surface area contributed by atoms with Gasteiger partial charge in [-0.3, -0.25) is 0 Å². The summed E-state index contributed by atoms with van der Waals surface area (Å²) in [5.41, 5.74) is 0.872. The first-order chi connectivity index (χ1) is 6.44. The van der Waals surface area contributed by atoms with Crippen molar-refractivity contribution in [2.24, 2.45) is 0 Å². The van der Waals surface area contributed by atoms with E-state index in [1.54, 1.807) is 6.07 Å². The van der Waals surface area contributed by atoms with Crippen LogP contribution in [0.1, 0.15) is 5.56 Å². The molecule has 1 aromatic rings. The van der Waals surface area contributed by atoms with Gasteiger partial charge in [-0.1, -0.05) is 6.07 Å². The Bertz CT molecular complexity index is 381. The number of hydrogen-bond acceptors (Lipinski definition) is 3. The van der Waals surface area contributed by atoms with E-state index in [2.05, 4.69) is 0 Å². The Morgan fingerprint density at radius 2 is 2.00 bits per heavy atom.